The predicted octanol–water partition coefficient (Wildman–Crippen LogP) is 4.66. The van der Waals surface area contributed by atoms with Crippen LogP contribution in [0.5, 0.6) is 0 Å². The second-order valence-corrected chi connectivity index (χ2v) is 6.67. The molecule has 0 aliphatic rings. The van der Waals surface area contributed by atoms with E-state index in [1.54, 1.807) is 0 Å². The van der Waals surface area contributed by atoms with Gasteiger partial charge in [0.1, 0.15) is 0 Å². The van der Waals surface area contributed by atoms with Crippen LogP contribution in [-0.4, -0.2) is 16.0 Å². The first kappa shape index (κ1) is 9.41. The highest BCUT2D eigenvalue weighted by molar-refractivity contribution is 7.13. The number of amides is 1. The number of nitrogens with one attached hydrogen (secondary N) is 1. The fraction of sp³-hybridized carbons (Fsp3) is 0.304. The number of anilines is 2. The molecule has 0 spiro atoms. The molecule has 29 heavy (non-hydrogen) atoms. The van der Waals surface area contributed by atoms with E-state index >= 15 is 0 Å². The quantitative estimate of drug-likeness (QED) is 0.467. The SMILES string of the molecule is [2H]c1c([2H])c(C)c([2H])c([C@@H](O)C([2H])([2H])CC([2H])([2H])C([2H])([2H])c2c([2H])c([2H])c(NC(=O)Cc3csc(N)n3)c([2H])c2[2H])c1[2H]. The van der Waals surface area contributed by atoms with Crippen molar-refractivity contribution in [2.45, 2.75) is 45.0 Å². The van der Waals surface area contributed by atoms with E-state index in [1.165, 1.54) is 12.3 Å². The van der Waals surface area contributed by atoms with Crippen LogP contribution in [-0.2, 0) is 17.6 Å². The summed E-state index contributed by atoms with van der Waals surface area (Å²) in [6.45, 7) is 1.26. The van der Waals surface area contributed by atoms with Gasteiger partial charge in [0.25, 0.3) is 0 Å². The average Bonchev–Trinajstić information content (AvgIpc) is 3.31. The summed E-state index contributed by atoms with van der Waals surface area (Å²) >= 11 is 1.08. The highest BCUT2D eigenvalue weighted by Crippen LogP contribution is 2.21. The van der Waals surface area contributed by atoms with Gasteiger partial charge in [0.2, 0.25) is 5.91 Å². The van der Waals surface area contributed by atoms with Gasteiger partial charge in [0, 0.05) is 19.3 Å². The zero-order valence-electron chi connectivity index (χ0n) is 29.4. The lowest BCUT2D eigenvalue weighted by Gasteiger charge is -2.11. The molecule has 1 aromatic heterocycles. The number of benzene rings is 2. The van der Waals surface area contributed by atoms with Gasteiger partial charge in [-0.2, -0.15) is 0 Å². The maximum absolute atomic E-state index is 12.5. The van der Waals surface area contributed by atoms with Gasteiger partial charge in [-0.05, 0) is 49.3 Å². The molecular formula is C23H27N3O2S. The standard InChI is InChI=1S/C23H27N3O2S/c1-16-5-4-7-18(13-16)21(27)8-3-2-6-17-9-11-19(12-10-17)25-22(28)14-20-15-29-23(24)26-20/h4-5,7,9-13,15,21,27H,2-3,6,8,14H2,1H3,(H2,24,26)(H,25,28)/t21-/m0/s1/i2D2,4D,5D,6D2,7D,8D2,9D,10D,11D,12D,13D. The summed E-state index contributed by atoms with van der Waals surface area (Å²) in [6.07, 6.45) is -14.0. The van der Waals surface area contributed by atoms with Crippen LogP contribution in [0.25, 0.3) is 0 Å². The van der Waals surface area contributed by atoms with Crippen molar-refractivity contribution in [2.75, 3.05) is 11.1 Å². The Morgan fingerprint density at radius 2 is 2.14 bits per heavy atom. The molecule has 0 aliphatic heterocycles. The average molecular weight is 424 g/mol. The Labute approximate surface area is 195 Å². The summed E-state index contributed by atoms with van der Waals surface area (Å²) in [7, 11) is 0. The number of thiazole rings is 1. The molecule has 1 heterocycles. The maximum atomic E-state index is 12.5. The molecule has 3 rings (SSSR count). The van der Waals surface area contributed by atoms with E-state index in [9.17, 15) is 9.90 Å². The van der Waals surface area contributed by atoms with Crippen LogP contribution in [0.4, 0.5) is 10.8 Å². The summed E-state index contributed by atoms with van der Waals surface area (Å²) in [5.41, 5.74) is 3.34. The Bertz CT molecular complexity index is 1540. The molecule has 1 atom stereocenters. The summed E-state index contributed by atoms with van der Waals surface area (Å²) in [5.74, 6) is -0.772. The van der Waals surface area contributed by atoms with Crippen LogP contribution in [0.2, 0.25) is 0 Å². The minimum absolute atomic E-state index is 0.129. The van der Waals surface area contributed by atoms with E-state index < -0.39 is 103 Å². The number of aromatic nitrogens is 1. The fourth-order valence-electron chi connectivity index (χ4n) is 2.17. The van der Waals surface area contributed by atoms with Gasteiger partial charge in [-0.15, -0.1) is 11.3 Å². The summed E-state index contributed by atoms with van der Waals surface area (Å²) < 4.78 is 116. The van der Waals surface area contributed by atoms with Crippen LogP contribution in [0.3, 0.4) is 0 Å². The number of carbonyl (C=O) groups excluding carboxylic acids is 1. The first-order valence-corrected chi connectivity index (χ1v) is 9.30. The largest absolute Gasteiger partial charge is 0.388 e. The van der Waals surface area contributed by atoms with Crippen molar-refractivity contribution < 1.29 is 29.1 Å². The van der Waals surface area contributed by atoms with E-state index in [1.807, 2.05) is 0 Å². The second kappa shape index (κ2) is 10.2. The van der Waals surface area contributed by atoms with Crippen LogP contribution in [0.15, 0.2) is 53.7 Å². The van der Waals surface area contributed by atoms with Gasteiger partial charge in [-0.25, -0.2) is 4.98 Å². The molecule has 5 nitrogen and oxygen atoms in total. The van der Waals surface area contributed by atoms with Crippen LogP contribution in [0, 0.1) is 6.92 Å². The van der Waals surface area contributed by atoms with E-state index in [4.69, 9.17) is 24.9 Å². The minimum atomic E-state index is -3.41. The van der Waals surface area contributed by atoms with E-state index in [-0.39, 0.29) is 22.8 Å². The van der Waals surface area contributed by atoms with Crippen molar-refractivity contribution in [3.63, 3.8) is 0 Å². The Kier molecular flexibility index (Phi) is 3.30. The van der Waals surface area contributed by atoms with Crippen LogP contribution >= 0.6 is 11.3 Å². The number of aliphatic hydroxyl groups excluding tert-OH is 1. The molecule has 4 N–H and O–H groups in total. The summed E-state index contributed by atoms with van der Waals surface area (Å²) in [4.78, 5) is 16.4. The number of carbonyl (C=O) groups is 1. The van der Waals surface area contributed by atoms with Crippen molar-refractivity contribution in [3.8, 4) is 0 Å². The molecule has 3 aromatic rings. The zero-order chi connectivity index (χ0) is 33.0. The molecule has 0 unspecified atom stereocenters. The van der Waals surface area contributed by atoms with Crippen molar-refractivity contribution >= 4 is 28.1 Å². The summed E-state index contributed by atoms with van der Waals surface area (Å²) in [5, 5.41) is 14.8. The fourth-order valence-corrected chi connectivity index (χ4v) is 2.73. The third-order valence-corrected chi connectivity index (χ3v) is 4.16. The molecule has 2 aromatic carbocycles. The molecule has 1 amide bonds. The first-order chi connectivity index (χ1) is 19.6. The Morgan fingerprint density at radius 1 is 1.34 bits per heavy atom. The number of nitrogen functional groups attached to an aromatic ring is 1. The van der Waals surface area contributed by atoms with Gasteiger partial charge in [0.15, 0.2) is 5.13 Å². The molecule has 0 saturated carbocycles. The highest BCUT2D eigenvalue weighted by atomic mass is 32.1. The first-order valence-electron chi connectivity index (χ1n) is 15.4. The lowest BCUT2D eigenvalue weighted by atomic mass is 10.00. The van der Waals surface area contributed by atoms with Gasteiger partial charge in [-0.3, -0.25) is 4.79 Å². The van der Waals surface area contributed by atoms with Crippen molar-refractivity contribution in [3.05, 3.63) is 76.1 Å². The number of hydrogen-bond acceptors (Lipinski definition) is 5. The van der Waals surface area contributed by atoms with E-state index in [0.29, 0.717) is 0 Å². The number of nitrogens with zero attached hydrogens (tertiary/aromatic N) is 1. The minimum Gasteiger partial charge on any atom is -0.388 e. The van der Waals surface area contributed by atoms with Gasteiger partial charge in [-0.1, -0.05) is 48.2 Å². The second-order valence-electron chi connectivity index (χ2n) is 5.78. The Morgan fingerprint density at radius 3 is 2.86 bits per heavy atom. The van der Waals surface area contributed by atoms with Crippen molar-refractivity contribution in [2.24, 2.45) is 0 Å². The van der Waals surface area contributed by atoms with Gasteiger partial charge in [0.05, 0.1) is 29.2 Å². The molecule has 0 bridgehead atoms. The Hall–Kier alpha value is -2.70. The summed E-state index contributed by atoms with van der Waals surface area (Å²) in [6, 6.07) is -6.46. The van der Waals surface area contributed by atoms with Crippen molar-refractivity contribution in [1.29, 1.82) is 0 Å². The van der Waals surface area contributed by atoms with Crippen molar-refractivity contribution in [1.82, 2.24) is 4.98 Å². The smallest absolute Gasteiger partial charge is 0.230 e. The van der Waals surface area contributed by atoms with Crippen LogP contribution in [0.1, 0.15) is 66.8 Å². The van der Waals surface area contributed by atoms with Gasteiger partial charge < -0.3 is 16.2 Å². The molecule has 6 heteroatoms. The molecule has 0 fully saturated rings. The molecule has 0 saturated heterocycles. The predicted molar refractivity (Wildman–Crippen MR) is 119 cm³/mol. The number of nitrogens with two attached hydrogens (primary N) is 1. The third-order valence-electron chi connectivity index (χ3n) is 3.44. The topological polar surface area (TPSA) is 88.2 Å². The van der Waals surface area contributed by atoms with Crippen LogP contribution < -0.4 is 11.1 Å². The zero-order valence-corrected chi connectivity index (χ0v) is 16.2. The highest BCUT2D eigenvalue weighted by Gasteiger charge is 2.08. The maximum Gasteiger partial charge on any atom is 0.230 e. The van der Waals surface area contributed by atoms with E-state index in [2.05, 4.69) is 10.3 Å². The molecular weight excluding hydrogens is 382 g/mol. The number of rotatable bonds is 9. The Balaban J connectivity index is 2.00. The molecule has 152 valence electrons. The van der Waals surface area contributed by atoms with E-state index in [0.717, 1.165) is 11.3 Å². The molecule has 0 aliphatic carbocycles. The molecule has 0 radical (unpaired) electrons. The third kappa shape index (κ3) is 6.69. The monoisotopic (exact) mass is 423 g/mol. The number of aliphatic hydroxyl groups is 1. The van der Waals surface area contributed by atoms with Gasteiger partial charge >= 0.3 is 0 Å². The normalized spacial score (nSPS) is 20.3. The number of hydrogen-bond donors (Lipinski definition) is 3. The lowest BCUT2D eigenvalue weighted by molar-refractivity contribution is -0.115. The lowest BCUT2D eigenvalue weighted by Crippen LogP contribution is -2.14.